The molecule has 2 nitrogen and oxygen atoms in total. The summed E-state index contributed by atoms with van der Waals surface area (Å²) in [6.45, 7) is 7.88. The molecule has 1 rings (SSSR count). The average molecular weight is 181 g/mol. The maximum atomic E-state index is 11.3. The van der Waals surface area contributed by atoms with Crippen molar-refractivity contribution in [1.82, 2.24) is 5.32 Å². The molecule has 0 aromatic rings. The number of carbonyl (C=O) groups is 1. The van der Waals surface area contributed by atoms with Crippen molar-refractivity contribution in [2.75, 3.05) is 13.1 Å². The van der Waals surface area contributed by atoms with Gasteiger partial charge in [0.05, 0.1) is 0 Å². The van der Waals surface area contributed by atoms with Crippen LogP contribution in [0.3, 0.4) is 0 Å². The monoisotopic (exact) mass is 181 g/mol. The fourth-order valence-corrected chi connectivity index (χ4v) is 1.75. The van der Waals surface area contributed by atoms with Crippen LogP contribution in [-0.4, -0.2) is 18.9 Å². The largest absolute Gasteiger partial charge is 0.316 e. The Morgan fingerprint density at radius 3 is 2.92 bits per heavy atom. The zero-order valence-corrected chi connectivity index (χ0v) is 8.44. The Bertz CT molecular complexity index is 192. The minimum atomic E-state index is 0.347. The van der Waals surface area contributed by atoms with Gasteiger partial charge in [-0.2, -0.15) is 0 Å². The van der Waals surface area contributed by atoms with Gasteiger partial charge in [0, 0.05) is 12.8 Å². The molecule has 13 heavy (non-hydrogen) atoms. The molecule has 0 bridgehead atoms. The molecule has 0 radical (unpaired) electrons. The Balaban J connectivity index is 2.10. The van der Waals surface area contributed by atoms with Crippen LogP contribution in [0.15, 0.2) is 12.2 Å². The Morgan fingerprint density at radius 2 is 2.38 bits per heavy atom. The lowest BCUT2D eigenvalue weighted by Crippen LogP contribution is -2.10. The molecular weight excluding hydrogens is 162 g/mol. The first-order valence-electron chi connectivity index (χ1n) is 5.05. The van der Waals surface area contributed by atoms with E-state index < -0.39 is 0 Å². The van der Waals surface area contributed by atoms with E-state index in [2.05, 4.69) is 11.9 Å². The molecule has 1 atom stereocenters. The number of hydrogen-bond acceptors (Lipinski definition) is 2. The van der Waals surface area contributed by atoms with Gasteiger partial charge in [-0.05, 0) is 38.8 Å². The smallest absolute Gasteiger partial charge is 0.136 e. The number of allylic oxidation sites excluding steroid dienone is 1. The molecule has 0 spiro atoms. The second-order valence-electron chi connectivity index (χ2n) is 4.07. The van der Waals surface area contributed by atoms with E-state index in [1.54, 1.807) is 0 Å². The van der Waals surface area contributed by atoms with E-state index in [1.165, 1.54) is 6.42 Å². The molecule has 0 aromatic heterocycles. The summed E-state index contributed by atoms with van der Waals surface area (Å²) in [6.07, 6.45) is 3.60. The second-order valence-corrected chi connectivity index (χ2v) is 4.07. The lowest BCUT2D eigenvalue weighted by atomic mass is 9.99. The van der Waals surface area contributed by atoms with Crippen LogP contribution in [0, 0.1) is 5.92 Å². The fourth-order valence-electron chi connectivity index (χ4n) is 1.75. The highest BCUT2D eigenvalue weighted by Gasteiger charge is 2.15. The van der Waals surface area contributed by atoms with Crippen LogP contribution >= 0.6 is 0 Å². The number of Topliss-reactive ketones (excluding diaryl/α,β-unsaturated/α-hetero) is 1. The predicted molar refractivity (Wildman–Crippen MR) is 54.6 cm³/mol. The molecule has 1 aliphatic heterocycles. The normalized spacial score (nSPS) is 21.8. The van der Waals surface area contributed by atoms with Gasteiger partial charge in [-0.3, -0.25) is 4.79 Å². The molecule has 1 saturated heterocycles. The maximum absolute atomic E-state index is 11.3. The minimum absolute atomic E-state index is 0.347. The van der Waals surface area contributed by atoms with E-state index in [0.717, 1.165) is 37.4 Å². The summed E-state index contributed by atoms with van der Waals surface area (Å²) in [5.74, 6) is 1.08. The van der Waals surface area contributed by atoms with Crippen molar-refractivity contribution >= 4 is 5.78 Å². The molecule has 0 amide bonds. The van der Waals surface area contributed by atoms with Crippen molar-refractivity contribution in [2.45, 2.75) is 32.6 Å². The molecule has 1 unspecified atom stereocenters. The molecule has 1 fully saturated rings. The zero-order valence-electron chi connectivity index (χ0n) is 8.44. The van der Waals surface area contributed by atoms with Crippen LogP contribution in [0.4, 0.5) is 0 Å². The van der Waals surface area contributed by atoms with Gasteiger partial charge in [0.15, 0.2) is 0 Å². The molecule has 0 aliphatic carbocycles. The van der Waals surface area contributed by atoms with Crippen LogP contribution in [0.2, 0.25) is 0 Å². The summed E-state index contributed by atoms with van der Waals surface area (Å²) in [6, 6.07) is 0. The molecule has 0 aromatic carbocycles. The van der Waals surface area contributed by atoms with E-state index in [9.17, 15) is 4.79 Å². The van der Waals surface area contributed by atoms with Gasteiger partial charge >= 0.3 is 0 Å². The van der Waals surface area contributed by atoms with Gasteiger partial charge in [0.1, 0.15) is 5.78 Å². The number of ketones is 1. The fraction of sp³-hybridized carbons (Fsp3) is 0.727. The van der Waals surface area contributed by atoms with E-state index in [-0.39, 0.29) is 0 Å². The number of nitrogens with one attached hydrogen (secondary N) is 1. The highest BCUT2D eigenvalue weighted by atomic mass is 16.1. The van der Waals surface area contributed by atoms with E-state index in [0.29, 0.717) is 12.2 Å². The summed E-state index contributed by atoms with van der Waals surface area (Å²) < 4.78 is 0. The van der Waals surface area contributed by atoms with E-state index in [1.807, 2.05) is 6.92 Å². The van der Waals surface area contributed by atoms with Gasteiger partial charge in [0.2, 0.25) is 0 Å². The molecule has 0 saturated carbocycles. The zero-order chi connectivity index (χ0) is 9.68. The molecule has 1 heterocycles. The Kier molecular flexibility index (Phi) is 4.16. The van der Waals surface area contributed by atoms with Gasteiger partial charge in [-0.1, -0.05) is 12.2 Å². The first-order chi connectivity index (χ1) is 6.18. The minimum Gasteiger partial charge on any atom is -0.316 e. The maximum Gasteiger partial charge on any atom is 0.136 e. The van der Waals surface area contributed by atoms with Crippen molar-refractivity contribution in [2.24, 2.45) is 5.92 Å². The third kappa shape index (κ3) is 4.23. The standard InChI is InChI=1S/C11H19NO/c1-9(2)7-11(13)4-3-10-5-6-12-8-10/h10,12H,1,3-8H2,2H3. The average Bonchev–Trinajstić information content (AvgIpc) is 2.51. The Hall–Kier alpha value is -0.630. The number of carbonyl (C=O) groups excluding carboxylic acids is 1. The van der Waals surface area contributed by atoms with Crippen LogP contribution in [0.25, 0.3) is 0 Å². The second kappa shape index (κ2) is 5.18. The Morgan fingerprint density at radius 1 is 1.62 bits per heavy atom. The molecule has 1 aliphatic rings. The summed E-state index contributed by atoms with van der Waals surface area (Å²) in [5.41, 5.74) is 0.981. The van der Waals surface area contributed by atoms with Gasteiger partial charge in [0.25, 0.3) is 0 Å². The first-order valence-corrected chi connectivity index (χ1v) is 5.05. The summed E-state index contributed by atoms with van der Waals surface area (Å²) >= 11 is 0. The topological polar surface area (TPSA) is 29.1 Å². The van der Waals surface area contributed by atoms with Gasteiger partial charge in [-0.25, -0.2) is 0 Å². The van der Waals surface area contributed by atoms with Crippen molar-refractivity contribution in [1.29, 1.82) is 0 Å². The van der Waals surface area contributed by atoms with E-state index >= 15 is 0 Å². The Labute approximate surface area is 80.4 Å². The van der Waals surface area contributed by atoms with Crippen LogP contribution in [0.5, 0.6) is 0 Å². The van der Waals surface area contributed by atoms with Gasteiger partial charge in [-0.15, -0.1) is 0 Å². The summed E-state index contributed by atoms with van der Waals surface area (Å²) in [4.78, 5) is 11.3. The number of hydrogen-bond donors (Lipinski definition) is 1. The van der Waals surface area contributed by atoms with E-state index in [4.69, 9.17) is 0 Å². The molecule has 1 N–H and O–H groups in total. The molecule has 2 heteroatoms. The summed E-state index contributed by atoms with van der Waals surface area (Å²) in [5, 5.41) is 3.31. The van der Waals surface area contributed by atoms with Crippen molar-refractivity contribution in [3.63, 3.8) is 0 Å². The lowest BCUT2D eigenvalue weighted by molar-refractivity contribution is -0.118. The third-order valence-corrected chi connectivity index (χ3v) is 2.49. The summed E-state index contributed by atoms with van der Waals surface area (Å²) in [7, 11) is 0. The lowest BCUT2D eigenvalue weighted by Gasteiger charge is -2.06. The van der Waals surface area contributed by atoms with Crippen LogP contribution in [0.1, 0.15) is 32.6 Å². The van der Waals surface area contributed by atoms with Gasteiger partial charge < -0.3 is 5.32 Å². The van der Waals surface area contributed by atoms with Crippen molar-refractivity contribution in [3.05, 3.63) is 12.2 Å². The van der Waals surface area contributed by atoms with Crippen LogP contribution < -0.4 is 5.32 Å². The highest BCUT2D eigenvalue weighted by Crippen LogP contribution is 2.15. The first kappa shape index (κ1) is 10.5. The highest BCUT2D eigenvalue weighted by molar-refractivity contribution is 5.80. The predicted octanol–water partition coefficient (Wildman–Crippen LogP) is 1.91. The van der Waals surface area contributed by atoms with Crippen LogP contribution in [-0.2, 0) is 4.79 Å². The molecular formula is C11H19NO. The number of rotatable bonds is 5. The van der Waals surface area contributed by atoms with Crippen molar-refractivity contribution < 1.29 is 4.79 Å². The van der Waals surface area contributed by atoms with Crippen molar-refractivity contribution in [3.8, 4) is 0 Å². The SMILES string of the molecule is C=C(C)CC(=O)CCC1CCNC1. The molecule has 74 valence electrons. The quantitative estimate of drug-likeness (QED) is 0.656. The third-order valence-electron chi connectivity index (χ3n) is 2.49.